The van der Waals surface area contributed by atoms with Crippen molar-refractivity contribution < 1.29 is 23.1 Å². The van der Waals surface area contributed by atoms with Crippen LogP contribution in [0.5, 0.6) is 0 Å². The summed E-state index contributed by atoms with van der Waals surface area (Å²) in [5.74, 6) is -1.12. The predicted octanol–water partition coefficient (Wildman–Crippen LogP) is 2.47. The summed E-state index contributed by atoms with van der Waals surface area (Å²) < 4.78 is 37.8. The van der Waals surface area contributed by atoms with Crippen molar-refractivity contribution in [2.24, 2.45) is 5.73 Å². The summed E-state index contributed by atoms with van der Waals surface area (Å²) in [6, 6.07) is 4.21. The van der Waals surface area contributed by atoms with Crippen molar-refractivity contribution in [1.82, 2.24) is 0 Å². The zero-order chi connectivity index (χ0) is 13.1. The van der Waals surface area contributed by atoms with Crippen LogP contribution in [0.2, 0.25) is 0 Å². The Morgan fingerprint density at radius 3 is 2.39 bits per heavy atom. The van der Waals surface area contributed by atoms with Gasteiger partial charge in [0.1, 0.15) is 0 Å². The maximum Gasteiger partial charge on any atom is 0.416 e. The third-order valence-electron chi connectivity index (χ3n) is 2.24. The number of alkyl halides is 3. The fraction of sp³-hybridized carbons (Fsp3) is 0.364. The summed E-state index contributed by atoms with van der Waals surface area (Å²) in [5, 5.41) is 8.49. The molecule has 1 atom stereocenters. The summed E-state index contributed by atoms with van der Waals surface area (Å²) in [6.45, 7) is 0. The average Bonchev–Trinajstić information content (AvgIpc) is 2.15. The second-order valence-electron chi connectivity index (χ2n) is 3.72. The Labute approximate surface area is 108 Å². The first-order chi connectivity index (χ1) is 7.80. The number of hydrogen-bond donors (Lipinski definition) is 2. The van der Waals surface area contributed by atoms with E-state index >= 15 is 0 Å². The van der Waals surface area contributed by atoms with Crippen molar-refractivity contribution in [3.05, 3.63) is 35.4 Å². The van der Waals surface area contributed by atoms with E-state index in [9.17, 15) is 18.0 Å². The van der Waals surface area contributed by atoms with Crippen LogP contribution in [0.15, 0.2) is 24.3 Å². The molecule has 0 fully saturated rings. The van der Waals surface area contributed by atoms with Crippen LogP contribution >= 0.6 is 12.4 Å². The monoisotopic (exact) mass is 283 g/mol. The van der Waals surface area contributed by atoms with Crippen molar-refractivity contribution in [2.75, 3.05) is 0 Å². The van der Waals surface area contributed by atoms with Gasteiger partial charge in [0.25, 0.3) is 0 Å². The van der Waals surface area contributed by atoms with Gasteiger partial charge in [-0.15, -0.1) is 12.4 Å². The molecule has 3 N–H and O–H groups in total. The molecule has 0 aliphatic carbocycles. The zero-order valence-corrected chi connectivity index (χ0v) is 10.1. The molecule has 0 bridgehead atoms. The molecule has 1 aromatic rings. The van der Waals surface area contributed by atoms with Crippen LogP contribution in [-0.2, 0) is 17.4 Å². The van der Waals surface area contributed by atoms with Gasteiger partial charge in [-0.25, -0.2) is 0 Å². The first kappa shape index (κ1) is 16.7. The highest BCUT2D eigenvalue weighted by Gasteiger charge is 2.33. The van der Waals surface area contributed by atoms with Gasteiger partial charge in [0, 0.05) is 6.04 Å². The van der Waals surface area contributed by atoms with E-state index in [-0.39, 0.29) is 30.8 Å². The number of rotatable bonds is 4. The zero-order valence-electron chi connectivity index (χ0n) is 9.28. The minimum Gasteiger partial charge on any atom is -0.481 e. The number of hydrogen-bond acceptors (Lipinski definition) is 2. The number of halogens is 4. The van der Waals surface area contributed by atoms with E-state index in [1.165, 1.54) is 18.2 Å². The fourth-order valence-corrected chi connectivity index (χ4v) is 1.55. The maximum absolute atomic E-state index is 12.6. The van der Waals surface area contributed by atoms with Gasteiger partial charge in [-0.2, -0.15) is 13.2 Å². The second kappa shape index (κ2) is 6.61. The highest BCUT2D eigenvalue weighted by Crippen LogP contribution is 2.32. The summed E-state index contributed by atoms with van der Waals surface area (Å²) in [7, 11) is 0. The minimum atomic E-state index is -4.44. The Morgan fingerprint density at radius 2 is 1.89 bits per heavy atom. The molecule has 18 heavy (non-hydrogen) atoms. The third kappa shape index (κ3) is 4.93. The lowest BCUT2D eigenvalue weighted by molar-refractivity contribution is -0.138. The summed E-state index contributed by atoms with van der Waals surface area (Å²) in [5.41, 5.74) is 4.73. The van der Waals surface area contributed by atoms with Crippen LogP contribution in [0, 0.1) is 0 Å². The molecule has 0 saturated carbocycles. The number of carboxylic acid groups (broad SMARTS) is 1. The van der Waals surface area contributed by atoms with Gasteiger partial charge in [0.15, 0.2) is 0 Å². The first-order valence-corrected chi connectivity index (χ1v) is 4.93. The van der Waals surface area contributed by atoms with Crippen molar-refractivity contribution >= 4 is 18.4 Å². The number of benzene rings is 1. The second-order valence-corrected chi connectivity index (χ2v) is 3.72. The Bertz CT molecular complexity index is 410. The van der Waals surface area contributed by atoms with E-state index < -0.39 is 23.8 Å². The summed E-state index contributed by atoms with van der Waals surface area (Å²) in [6.07, 6.45) is -4.91. The highest BCUT2D eigenvalue weighted by atomic mass is 35.5. The number of aliphatic carboxylic acids is 1. The Kier molecular flexibility index (Phi) is 6.14. The van der Waals surface area contributed by atoms with E-state index in [1.54, 1.807) is 0 Å². The van der Waals surface area contributed by atoms with E-state index in [4.69, 9.17) is 10.8 Å². The molecular formula is C11H13ClF3NO2. The molecule has 3 nitrogen and oxygen atoms in total. The van der Waals surface area contributed by atoms with Crippen molar-refractivity contribution in [2.45, 2.75) is 25.1 Å². The summed E-state index contributed by atoms with van der Waals surface area (Å²) >= 11 is 0. The number of carboxylic acids is 1. The minimum absolute atomic E-state index is 0. The standard InChI is InChI=1S/C11H12F3NO2.ClH/c12-11(13,14)9-4-2-1-3-7(9)5-8(15)6-10(16)17;/h1-4,8H,5-6,15H2,(H,16,17);1H. The predicted molar refractivity (Wildman–Crippen MR) is 62.6 cm³/mol. The largest absolute Gasteiger partial charge is 0.481 e. The van der Waals surface area contributed by atoms with Crippen LogP contribution in [0.4, 0.5) is 13.2 Å². The van der Waals surface area contributed by atoms with E-state index in [0.29, 0.717) is 0 Å². The highest BCUT2D eigenvalue weighted by molar-refractivity contribution is 5.85. The van der Waals surface area contributed by atoms with Crippen LogP contribution in [-0.4, -0.2) is 17.1 Å². The molecule has 0 aromatic heterocycles. The maximum atomic E-state index is 12.6. The molecule has 0 aliphatic rings. The Hall–Kier alpha value is -1.27. The molecule has 0 spiro atoms. The van der Waals surface area contributed by atoms with Crippen LogP contribution in [0.25, 0.3) is 0 Å². The molecule has 0 heterocycles. The molecule has 1 aromatic carbocycles. The Morgan fingerprint density at radius 1 is 1.33 bits per heavy atom. The molecule has 0 aliphatic heterocycles. The van der Waals surface area contributed by atoms with Crippen LogP contribution in [0.1, 0.15) is 17.5 Å². The normalized spacial score (nSPS) is 12.7. The van der Waals surface area contributed by atoms with Gasteiger partial charge in [-0.1, -0.05) is 18.2 Å². The van der Waals surface area contributed by atoms with Gasteiger partial charge in [-0.05, 0) is 18.1 Å². The third-order valence-corrected chi connectivity index (χ3v) is 2.24. The molecule has 102 valence electrons. The smallest absolute Gasteiger partial charge is 0.416 e. The quantitative estimate of drug-likeness (QED) is 0.892. The Balaban J connectivity index is 0.00000289. The van der Waals surface area contributed by atoms with E-state index in [0.717, 1.165) is 6.07 Å². The summed E-state index contributed by atoms with van der Waals surface area (Å²) in [4.78, 5) is 10.4. The fourth-order valence-electron chi connectivity index (χ4n) is 1.55. The lowest BCUT2D eigenvalue weighted by atomic mass is 9.99. The molecule has 1 unspecified atom stereocenters. The molecule has 0 amide bonds. The SMILES string of the molecule is Cl.NC(CC(=O)O)Cc1ccccc1C(F)(F)F. The van der Waals surface area contributed by atoms with Gasteiger partial charge in [0.05, 0.1) is 12.0 Å². The van der Waals surface area contributed by atoms with E-state index in [2.05, 4.69) is 0 Å². The lowest BCUT2D eigenvalue weighted by Gasteiger charge is -2.15. The number of nitrogens with two attached hydrogens (primary N) is 1. The average molecular weight is 284 g/mol. The van der Waals surface area contributed by atoms with Gasteiger partial charge in [-0.3, -0.25) is 4.79 Å². The van der Waals surface area contributed by atoms with Crippen LogP contribution < -0.4 is 5.73 Å². The molecule has 0 saturated heterocycles. The lowest BCUT2D eigenvalue weighted by Crippen LogP contribution is -2.27. The van der Waals surface area contributed by atoms with Gasteiger partial charge in [0.2, 0.25) is 0 Å². The van der Waals surface area contributed by atoms with Crippen molar-refractivity contribution in [1.29, 1.82) is 0 Å². The molecule has 7 heteroatoms. The molecular weight excluding hydrogens is 271 g/mol. The van der Waals surface area contributed by atoms with Crippen molar-refractivity contribution in [3.8, 4) is 0 Å². The van der Waals surface area contributed by atoms with Crippen molar-refractivity contribution in [3.63, 3.8) is 0 Å². The topological polar surface area (TPSA) is 63.3 Å². The van der Waals surface area contributed by atoms with Gasteiger partial charge < -0.3 is 10.8 Å². The molecule has 1 rings (SSSR count). The number of carbonyl (C=O) groups is 1. The van der Waals surface area contributed by atoms with Crippen LogP contribution in [0.3, 0.4) is 0 Å². The van der Waals surface area contributed by atoms with E-state index in [1.807, 2.05) is 0 Å². The first-order valence-electron chi connectivity index (χ1n) is 4.93. The van der Waals surface area contributed by atoms with Gasteiger partial charge >= 0.3 is 12.1 Å². The molecule has 0 radical (unpaired) electrons.